The minimum atomic E-state index is -1.22. The van der Waals surface area contributed by atoms with Gasteiger partial charge < -0.3 is 26.5 Å². The standard InChI is InChI=1S/C15H28BN3O4/c1-9(17)13(20)19-7-10-6-15(18,14(21)22)12(11(10)8-19)4-3-5-16(2)23/h9-12,23H,3-8,17-18H2,1-2H3,(H,21,22). The highest BCUT2D eigenvalue weighted by molar-refractivity contribution is 6.48. The molecule has 1 heterocycles. The summed E-state index contributed by atoms with van der Waals surface area (Å²) in [5.74, 6) is -0.989. The van der Waals surface area contributed by atoms with Crippen molar-refractivity contribution >= 4 is 18.8 Å². The van der Waals surface area contributed by atoms with E-state index in [1.807, 2.05) is 0 Å². The molecule has 0 aromatic rings. The van der Waals surface area contributed by atoms with E-state index >= 15 is 0 Å². The molecule has 7 nitrogen and oxygen atoms in total. The summed E-state index contributed by atoms with van der Waals surface area (Å²) in [4.78, 5) is 25.6. The Balaban J connectivity index is 2.10. The molecule has 2 rings (SSSR count). The zero-order valence-electron chi connectivity index (χ0n) is 13.9. The Kier molecular flexibility index (Phi) is 5.38. The summed E-state index contributed by atoms with van der Waals surface area (Å²) in [5, 5.41) is 19.0. The first-order valence-electron chi connectivity index (χ1n) is 8.41. The molecule has 6 N–H and O–H groups in total. The zero-order valence-corrected chi connectivity index (χ0v) is 13.9. The SMILES string of the molecule is CB(O)CCCC1C2CN(C(=O)C(C)N)CC2CC1(N)C(=O)O. The maximum atomic E-state index is 12.1. The first-order chi connectivity index (χ1) is 10.7. The number of carbonyl (C=O) groups excluding carboxylic acids is 1. The molecule has 5 unspecified atom stereocenters. The topological polar surface area (TPSA) is 130 Å². The molecule has 2 aliphatic rings. The normalized spacial score (nSPS) is 34.3. The summed E-state index contributed by atoms with van der Waals surface area (Å²) in [6.07, 6.45) is 2.43. The van der Waals surface area contributed by atoms with Gasteiger partial charge in [-0.25, -0.2) is 0 Å². The molecule has 1 amide bonds. The number of fused-ring (bicyclic) bond motifs is 1. The lowest BCUT2D eigenvalue weighted by molar-refractivity contribution is -0.145. The lowest BCUT2D eigenvalue weighted by Crippen LogP contribution is -2.53. The predicted molar refractivity (Wildman–Crippen MR) is 87.7 cm³/mol. The third-order valence-corrected chi connectivity index (χ3v) is 5.51. The van der Waals surface area contributed by atoms with Crippen molar-refractivity contribution in [2.24, 2.45) is 29.2 Å². The number of carboxylic acids is 1. The van der Waals surface area contributed by atoms with Crippen molar-refractivity contribution in [1.29, 1.82) is 0 Å². The van der Waals surface area contributed by atoms with E-state index in [1.165, 1.54) is 0 Å². The van der Waals surface area contributed by atoms with Crippen molar-refractivity contribution in [3.63, 3.8) is 0 Å². The van der Waals surface area contributed by atoms with E-state index in [0.29, 0.717) is 32.3 Å². The van der Waals surface area contributed by atoms with Crippen LogP contribution in [0.25, 0.3) is 0 Å². The summed E-state index contributed by atoms with van der Waals surface area (Å²) in [7, 11) is 0. The van der Waals surface area contributed by atoms with Gasteiger partial charge in [-0.2, -0.15) is 0 Å². The first kappa shape index (κ1) is 18.2. The van der Waals surface area contributed by atoms with Gasteiger partial charge in [-0.3, -0.25) is 9.59 Å². The molecular formula is C15H28BN3O4. The number of hydrogen-bond donors (Lipinski definition) is 4. The molecule has 1 saturated heterocycles. The van der Waals surface area contributed by atoms with Crippen LogP contribution < -0.4 is 11.5 Å². The van der Waals surface area contributed by atoms with Crippen LogP contribution in [0.5, 0.6) is 0 Å². The van der Waals surface area contributed by atoms with E-state index in [0.717, 1.165) is 6.42 Å². The Morgan fingerprint density at radius 1 is 1.43 bits per heavy atom. The Morgan fingerprint density at radius 3 is 2.61 bits per heavy atom. The number of amides is 1. The van der Waals surface area contributed by atoms with Crippen LogP contribution in [-0.2, 0) is 9.59 Å². The van der Waals surface area contributed by atoms with E-state index in [1.54, 1.807) is 18.6 Å². The Bertz CT molecular complexity index is 474. The molecule has 0 radical (unpaired) electrons. The van der Waals surface area contributed by atoms with E-state index in [4.69, 9.17) is 11.5 Å². The second-order valence-electron chi connectivity index (χ2n) is 7.39. The van der Waals surface area contributed by atoms with Crippen molar-refractivity contribution in [3.8, 4) is 0 Å². The summed E-state index contributed by atoms with van der Waals surface area (Å²) in [5.41, 5.74) is 10.7. The van der Waals surface area contributed by atoms with Crippen molar-refractivity contribution < 1.29 is 19.7 Å². The molecule has 0 spiro atoms. The molecular weight excluding hydrogens is 297 g/mol. The van der Waals surface area contributed by atoms with Crippen molar-refractivity contribution in [1.82, 2.24) is 4.90 Å². The number of rotatable bonds is 6. The monoisotopic (exact) mass is 325 g/mol. The minimum absolute atomic E-state index is 0.0833. The van der Waals surface area contributed by atoms with Gasteiger partial charge in [0.1, 0.15) is 5.54 Å². The molecule has 1 saturated carbocycles. The van der Waals surface area contributed by atoms with E-state index in [2.05, 4.69) is 0 Å². The Labute approximate surface area is 137 Å². The van der Waals surface area contributed by atoms with Crippen LogP contribution >= 0.6 is 0 Å². The van der Waals surface area contributed by atoms with Gasteiger partial charge in [0.15, 0.2) is 0 Å². The number of aliphatic carboxylic acids is 1. The van der Waals surface area contributed by atoms with E-state index in [9.17, 15) is 19.7 Å². The second-order valence-corrected chi connectivity index (χ2v) is 7.39. The lowest BCUT2D eigenvalue weighted by atomic mass is 9.65. The van der Waals surface area contributed by atoms with Gasteiger partial charge >= 0.3 is 5.97 Å². The number of nitrogens with two attached hydrogens (primary N) is 2. The van der Waals surface area contributed by atoms with Crippen LogP contribution in [0.3, 0.4) is 0 Å². The quantitative estimate of drug-likeness (QED) is 0.492. The van der Waals surface area contributed by atoms with E-state index < -0.39 is 24.5 Å². The fraction of sp³-hybridized carbons (Fsp3) is 0.867. The molecule has 8 heteroatoms. The van der Waals surface area contributed by atoms with Crippen molar-refractivity contribution in [2.75, 3.05) is 13.1 Å². The molecule has 5 atom stereocenters. The van der Waals surface area contributed by atoms with Gasteiger partial charge in [0.25, 0.3) is 6.92 Å². The van der Waals surface area contributed by atoms with E-state index in [-0.39, 0.29) is 23.7 Å². The molecule has 1 aliphatic carbocycles. The lowest BCUT2D eigenvalue weighted by Gasteiger charge is -2.31. The summed E-state index contributed by atoms with van der Waals surface area (Å²) >= 11 is 0. The number of hydrogen-bond acceptors (Lipinski definition) is 5. The van der Waals surface area contributed by atoms with Crippen LogP contribution in [0, 0.1) is 17.8 Å². The number of carbonyl (C=O) groups is 2. The fourth-order valence-electron chi connectivity index (χ4n) is 4.35. The van der Waals surface area contributed by atoms with Crippen LogP contribution in [0.1, 0.15) is 26.2 Å². The zero-order chi connectivity index (χ0) is 17.4. The number of nitrogens with zero attached hydrogens (tertiary/aromatic N) is 1. The molecule has 23 heavy (non-hydrogen) atoms. The first-order valence-corrected chi connectivity index (χ1v) is 8.41. The molecule has 1 aliphatic heterocycles. The van der Waals surface area contributed by atoms with Crippen LogP contribution in [0.15, 0.2) is 0 Å². The third kappa shape index (κ3) is 3.54. The number of carboxylic acid groups (broad SMARTS) is 1. The average Bonchev–Trinajstić information content (AvgIpc) is 2.95. The fourth-order valence-corrected chi connectivity index (χ4v) is 4.35. The predicted octanol–water partition coefficient (Wildman–Crippen LogP) is -0.396. The average molecular weight is 325 g/mol. The van der Waals surface area contributed by atoms with Crippen LogP contribution in [0.2, 0.25) is 13.1 Å². The maximum absolute atomic E-state index is 12.1. The third-order valence-electron chi connectivity index (χ3n) is 5.51. The summed E-state index contributed by atoms with van der Waals surface area (Å²) in [6, 6.07) is -0.537. The highest BCUT2D eigenvalue weighted by Gasteiger charge is 2.58. The molecule has 0 bridgehead atoms. The summed E-state index contributed by atoms with van der Waals surface area (Å²) in [6.45, 7) is 4.08. The maximum Gasteiger partial charge on any atom is 0.323 e. The van der Waals surface area contributed by atoms with Crippen LogP contribution in [-0.4, -0.2) is 58.5 Å². The van der Waals surface area contributed by atoms with Gasteiger partial charge in [-0.1, -0.05) is 13.2 Å². The molecule has 0 aromatic carbocycles. The second kappa shape index (κ2) is 6.79. The van der Waals surface area contributed by atoms with Gasteiger partial charge in [-0.15, -0.1) is 0 Å². The molecule has 2 fully saturated rings. The van der Waals surface area contributed by atoms with Crippen molar-refractivity contribution in [3.05, 3.63) is 0 Å². The number of likely N-dealkylation sites (tertiary alicyclic amines) is 1. The highest BCUT2D eigenvalue weighted by atomic mass is 16.4. The molecule has 130 valence electrons. The Morgan fingerprint density at radius 2 is 2.09 bits per heavy atom. The van der Waals surface area contributed by atoms with Crippen LogP contribution in [0.4, 0.5) is 0 Å². The Hall–Kier alpha value is -1.12. The van der Waals surface area contributed by atoms with Gasteiger partial charge in [0.05, 0.1) is 6.04 Å². The largest absolute Gasteiger partial charge is 0.480 e. The highest BCUT2D eigenvalue weighted by Crippen LogP contribution is 2.49. The van der Waals surface area contributed by atoms with Gasteiger partial charge in [-0.05, 0) is 43.8 Å². The van der Waals surface area contributed by atoms with Crippen molar-refractivity contribution in [2.45, 2.75) is 50.9 Å². The smallest absolute Gasteiger partial charge is 0.323 e. The minimum Gasteiger partial charge on any atom is -0.480 e. The van der Waals surface area contributed by atoms with Gasteiger partial charge in [0, 0.05) is 13.1 Å². The molecule has 0 aromatic heterocycles. The van der Waals surface area contributed by atoms with Gasteiger partial charge in [0.2, 0.25) is 5.91 Å². The summed E-state index contributed by atoms with van der Waals surface area (Å²) < 4.78 is 0.